The molecule has 2 aromatic rings. The van der Waals surface area contributed by atoms with Gasteiger partial charge in [-0.1, -0.05) is 0 Å². The molecule has 158 valence electrons. The molecule has 2 heterocycles. The molecule has 0 radical (unpaired) electrons. The first-order valence-electron chi connectivity index (χ1n) is 10.3. The van der Waals surface area contributed by atoms with Crippen LogP contribution in [0.15, 0.2) is 29.6 Å². The maximum Gasteiger partial charge on any atom is 0.234 e. The summed E-state index contributed by atoms with van der Waals surface area (Å²) in [5.74, 6) is 0.992. The number of ether oxygens (including phenoxy) is 1. The van der Waals surface area contributed by atoms with E-state index in [1.807, 2.05) is 39.8 Å². The van der Waals surface area contributed by atoms with Gasteiger partial charge in [-0.3, -0.25) is 14.6 Å². The van der Waals surface area contributed by atoms with Crippen molar-refractivity contribution in [3.8, 4) is 17.0 Å². The summed E-state index contributed by atoms with van der Waals surface area (Å²) >= 11 is 1.71. The lowest BCUT2D eigenvalue weighted by molar-refractivity contribution is -0.124. The molecule has 7 heteroatoms. The lowest BCUT2D eigenvalue weighted by Gasteiger charge is -2.34. The van der Waals surface area contributed by atoms with Crippen LogP contribution >= 0.6 is 11.3 Å². The molecule has 0 spiro atoms. The van der Waals surface area contributed by atoms with Gasteiger partial charge in [0.05, 0.1) is 25.4 Å². The van der Waals surface area contributed by atoms with Crippen molar-refractivity contribution in [3.63, 3.8) is 0 Å². The van der Waals surface area contributed by atoms with Gasteiger partial charge in [0.2, 0.25) is 5.91 Å². The maximum absolute atomic E-state index is 12.1. The second-order valence-corrected chi connectivity index (χ2v) is 9.38. The van der Waals surface area contributed by atoms with Gasteiger partial charge in [-0.05, 0) is 52.0 Å². The van der Waals surface area contributed by atoms with Crippen LogP contribution in [0.3, 0.4) is 0 Å². The van der Waals surface area contributed by atoms with E-state index in [1.54, 1.807) is 11.3 Å². The minimum atomic E-state index is -0.176. The van der Waals surface area contributed by atoms with Crippen LogP contribution in [0.1, 0.15) is 32.7 Å². The van der Waals surface area contributed by atoms with Crippen molar-refractivity contribution in [1.82, 2.24) is 20.1 Å². The highest BCUT2D eigenvalue weighted by Crippen LogP contribution is 2.25. The highest BCUT2D eigenvalue weighted by molar-refractivity contribution is 7.09. The topological polar surface area (TPSA) is 57.7 Å². The third-order valence-electron chi connectivity index (χ3n) is 4.72. The molecule has 3 rings (SSSR count). The normalized spacial score (nSPS) is 16.0. The average molecular weight is 417 g/mol. The summed E-state index contributed by atoms with van der Waals surface area (Å²) in [5.41, 5.74) is 1.96. The van der Waals surface area contributed by atoms with Gasteiger partial charge < -0.3 is 10.1 Å². The molecule has 6 nitrogen and oxygen atoms in total. The van der Waals surface area contributed by atoms with Gasteiger partial charge in [-0.2, -0.15) is 0 Å². The van der Waals surface area contributed by atoms with E-state index in [0.29, 0.717) is 13.2 Å². The van der Waals surface area contributed by atoms with E-state index in [9.17, 15) is 4.79 Å². The summed E-state index contributed by atoms with van der Waals surface area (Å²) in [7, 11) is 0. The maximum atomic E-state index is 12.1. The van der Waals surface area contributed by atoms with Crippen LogP contribution in [-0.2, 0) is 11.3 Å². The first kappa shape index (κ1) is 21.7. The summed E-state index contributed by atoms with van der Waals surface area (Å²) in [5, 5.41) is 6.29. The minimum Gasteiger partial charge on any atom is -0.494 e. The zero-order valence-electron chi connectivity index (χ0n) is 17.9. The third kappa shape index (κ3) is 6.80. The van der Waals surface area contributed by atoms with Crippen molar-refractivity contribution >= 4 is 17.2 Å². The zero-order chi connectivity index (χ0) is 20.9. The van der Waals surface area contributed by atoms with E-state index in [4.69, 9.17) is 9.72 Å². The van der Waals surface area contributed by atoms with E-state index in [-0.39, 0.29) is 11.4 Å². The molecule has 1 N–H and O–H groups in total. The Hall–Kier alpha value is -1.96. The Morgan fingerprint density at radius 2 is 1.79 bits per heavy atom. The molecular formula is C22H32N4O2S. The highest BCUT2D eigenvalue weighted by atomic mass is 32.1. The van der Waals surface area contributed by atoms with Crippen molar-refractivity contribution in [2.24, 2.45) is 0 Å². The molecular weight excluding hydrogens is 384 g/mol. The number of thiazole rings is 1. The van der Waals surface area contributed by atoms with Crippen LogP contribution in [0.5, 0.6) is 5.75 Å². The number of benzene rings is 1. The highest BCUT2D eigenvalue weighted by Gasteiger charge is 2.21. The number of carbonyl (C=O) groups is 1. The number of piperazine rings is 1. The van der Waals surface area contributed by atoms with Crippen LogP contribution in [0.2, 0.25) is 0 Å². The first-order valence-corrected chi connectivity index (χ1v) is 11.1. The number of nitrogens with zero attached hydrogens (tertiary/aromatic N) is 3. The van der Waals surface area contributed by atoms with Gasteiger partial charge in [0, 0.05) is 42.7 Å². The summed E-state index contributed by atoms with van der Waals surface area (Å²) in [4.78, 5) is 21.6. The van der Waals surface area contributed by atoms with Gasteiger partial charge in [-0.15, -0.1) is 11.3 Å². The predicted octanol–water partition coefficient (Wildman–Crippen LogP) is 3.24. The Kier molecular flexibility index (Phi) is 7.27. The minimum absolute atomic E-state index is 0.103. The van der Waals surface area contributed by atoms with Crippen LogP contribution in [0, 0.1) is 0 Å². The van der Waals surface area contributed by atoms with Gasteiger partial charge in [0.15, 0.2) is 0 Å². The predicted molar refractivity (Wildman–Crippen MR) is 118 cm³/mol. The smallest absolute Gasteiger partial charge is 0.234 e. The molecule has 0 unspecified atom stereocenters. The quantitative estimate of drug-likeness (QED) is 0.751. The fourth-order valence-electron chi connectivity index (χ4n) is 3.36. The first-order chi connectivity index (χ1) is 13.8. The molecule has 0 atom stereocenters. The van der Waals surface area contributed by atoms with E-state index >= 15 is 0 Å². The van der Waals surface area contributed by atoms with Crippen molar-refractivity contribution < 1.29 is 9.53 Å². The molecule has 1 aliphatic rings. The van der Waals surface area contributed by atoms with Gasteiger partial charge >= 0.3 is 0 Å². The van der Waals surface area contributed by atoms with E-state index in [0.717, 1.165) is 54.7 Å². The molecule has 0 saturated carbocycles. The molecule has 1 saturated heterocycles. The summed E-state index contributed by atoms with van der Waals surface area (Å²) in [6.07, 6.45) is 0. The van der Waals surface area contributed by atoms with Crippen LogP contribution in [0.4, 0.5) is 0 Å². The lowest BCUT2D eigenvalue weighted by atomic mass is 10.1. The number of hydrogen-bond acceptors (Lipinski definition) is 6. The van der Waals surface area contributed by atoms with Crippen molar-refractivity contribution in [2.45, 2.75) is 39.8 Å². The Balaban J connectivity index is 1.47. The Morgan fingerprint density at radius 3 is 2.41 bits per heavy atom. The van der Waals surface area contributed by atoms with Crippen molar-refractivity contribution in [1.29, 1.82) is 0 Å². The van der Waals surface area contributed by atoms with Gasteiger partial charge in [0.1, 0.15) is 10.8 Å². The average Bonchev–Trinajstić information content (AvgIpc) is 3.11. The number of carbonyl (C=O) groups excluding carboxylic acids is 1. The SMILES string of the molecule is CCOc1ccc(-c2csc(CN3CCN(CC(=O)NC(C)(C)C)CC3)n2)cc1. The second-order valence-electron chi connectivity index (χ2n) is 8.43. The van der Waals surface area contributed by atoms with E-state index in [1.165, 1.54) is 0 Å². The van der Waals surface area contributed by atoms with Crippen molar-refractivity contribution in [2.75, 3.05) is 39.3 Å². The second kappa shape index (κ2) is 9.69. The van der Waals surface area contributed by atoms with Crippen LogP contribution in [0.25, 0.3) is 11.3 Å². The molecule has 1 amide bonds. The van der Waals surface area contributed by atoms with E-state index < -0.39 is 0 Å². The Bertz CT molecular complexity index is 790. The van der Waals surface area contributed by atoms with Crippen LogP contribution in [-0.4, -0.2) is 65.6 Å². The van der Waals surface area contributed by atoms with Gasteiger partial charge in [0.25, 0.3) is 0 Å². The lowest BCUT2D eigenvalue weighted by Crippen LogP contribution is -2.51. The number of rotatable bonds is 7. The fourth-order valence-corrected chi connectivity index (χ4v) is 4.21. The van der Waals surface area contributed by atoms with Gasteiger partial charge in [-0.25, -0.2) is 4.98 Å². The van der Waals surface area contributed by atoms with E-state index in [2.05, 4.69) is 32.6 Å². The molecule has 1 fully saturated rings. The molecule has 0 aliphatic carbocycles. The summed E-state index contributed by atoms with van der Waals surface area (Å²) in [6.45, 7) is 13.8. The third-order valence-corrected chi connectivity index (χ3v) is 5.55. The number of aromatic nitrogens is 1. The molecule has 29 heavy (non-hydrogen) atoms. The number of nitrogens with one attached hydrogen (secondary N) is 1. The standard InChI is InChI=1S/C22H32N4O2S/c1-5-28-18-8-6-17(7-9-18)19-16-29-21(23-19)15-26-12-10-25(11-13-26)14-20(27)24-22(2,3)4/h6-9,16H,5,10-15H2,1-4H3,(H,24,27). The molecule has 1 aromatic heterocycles. The van der Waals surface area contributed by atoms with Crippen molar-refractivity contribution in [3.05, 3.63) is 34.7 Å². The Labute approximate surface area is 177 Å². The summed E-state index contributed by atoms with van der Waals surface area (Å²) < 4.78 is 5.51. The Morgan fingerprint density at radius 1 is 1.14 bits per heavy atom. The van der Waals surface area contributed by atoms with Crippen LogP contribution < -0.4 is 10.1 Å². The molecule has 0 bridgehead atoms. The molecule has 1 aliphatic heterocycles. The monoisotopic (exact) mass is 416 g/mol. The summed E-state index contributed by atoms with van der Waals surface area (Å²) in [6, 6.07) is 8.11. The largest absolute Gasteiger partial charge is 0.494 e. The number of hydrogen-bond donors (Lipinski definition) is 1. The zero-order valence-corrected chi connectivity index (χ0v) is 18.7. The number of amides is 1. The fraction of sp³-hybridized carbons (Fsp3) is 0.545. The molecule has 1 aromatic carbocycles.